The molecule has 7 heteroatoms. The molecule has 1 aromatic rings. The van der Waals surface area contributed by atoms with E-state index in [4.69, 9.17) is 4.74 Å². The molecule has 0 aliphatic heterocycles. The lowest BCUT2D eigenvalue weighted by Gasteiger charge is -2.06. The summed E-state index contributed by atoms with van der Waals surface area (Å²) >= 11 is 1.10. The number of ether oxygens (including phenoxy) is 1. The number of hydrogen-bond acceptors (Lipinski definition) is 5. The number of esters is 1. The third kappa shape index (κ3) is 4.30. The lowest BCUT2D eigenvalue weighted by Crippen LogP contribution is -2.23. The summed E-state index contributed by atoms with van der Waals surface area (Å²) in [6.45, 7) is 7.85. The number of rotatable bonds is 7. The number of hydrogen-bond donors (Lipinski definition) is 2. The molecular weight excluding hydrogens is 304 g/mol. The molecule has 2 N–H and O–H groups in total. The molecule has 0 spiro atoms. The van der Waals surface area contributed by atoms with Gasteiger partial charge in [0.2, 0.25) is 5.91 Å². The van der Waals surface area contributed by atoms with Crippen LogP contribution in [0, 0.1) is 6.92 Å². The first-order valence-corrected chi connectivity index (χ1v) is 8.16. The van der Waals surface area contributed by atoms with Crippen LogP contribution in [0.5, 0.6) is 0 Å². The zero-order valence-corrected chi connectivity index (χ0v) is 14.2. The molecule has 1 heterocycles. The largest absolute Gasteiger partial charge is 0.462 e. The molecular formula is C15H22N2O4S. The fourth-order valence-corrected chi connectivity index (χ4v) is 2.93. The summed E-state index contributed by atoms with van der Waals surface area (Å²) < 4.78 is 5.02. The molecule has 22 heavy (non-hydrogen) atoms. The average Bonchev–Trinajstić information content (AvgIpc) is 2.81. The van der Waals surface area contributed by atoms with Crippen LogP contribution in [0.25, 0.3) is 0 Å². The number of carbonyl (C=O) groups is 3. The van der Waals surface area contributed by atoms with E-state index in [2.05, 4.69) is 10.6 Å². The second-order valence-electron chi connectivity index (χ2n) is 4.64. The van der Waals surface area contributed by atoms with E-state index in [1.54, 1.807) is 20.8 Å². The Kier molecular flexibility index (Phi) is 7.04. The van der Waals surface area contributed by atoms with Gasteiger partial charge in [-0.1, -0.05) is 13.8 Å². The lowest BCUT2D eigenvalue weighted by atomic mass is 10.1. The highest BCUT2D eigenvalue weighted by atomic mass is 32.1. The summed E-state index contributed by atoms with van der Waals surface area (Å²) in [5, 5.41) is 5.81. The Balaban J connectivity index is 3.20. The number of nitrogens with one attached hydrogen (secondary N) is 2. The quantitative estimate of drug-likeness (QED) is 0.755. The van der Waals surface area contributed by atoms with Gasteiger partial charge in [0.05, 0.1) is 17.0 Å². The third-order valence-electron chi connectivity index (χ3n) is 2.94. The Morgan fingerprint density at radius 1 is 1.18 bits per heavy atom. The summed E-state index contributed by atoms with van der Waals surface area (Å²) in [7, 11) is 0. The minimum atomic E-state index is -0.530. The second-order valence-corrected chi connectivity index (χ2v) is 5.66. The number of amides is 2. The van der Waals surface area contributed by atoms with Crippen LogP contribution >= 0.6 is 11.3 Å². The molecule has 6 nitrogen and oxygen atoms in total. The predicted octanol–water partition coefficient (Wildman–Crippen LogP) is 2.72. The SMILES string of the molecule is CCCNC(=O)c1sc(NC(=O)CC)c(C(=O)OCC)c1C. The van der Waals surface area contributed by atoms with E-state index < -0.39 is 5.97 Å². The highest BCUT2D eigenvalue weighted by Crippen LogP contribution is 2.33. The van der Waals surface area contributed by atoms with Crippen molar-refractivity contribution >= 4 is 34.1 Å². The van der Waals surface area contributed by atoms with Gasteiger partial charge >= 0.3 is 5.97 Å². The van der Waals surface area contributed by atoms with E-state index in [-0.39, 0.29) is 30.4 Å². The van der Waals surface area contributed by atoms with Gasteiger partial charge in [-0.05, 0) is 25.8 Å². The first kappa shape index (κ1) is 18.2. The maximum Gasteiger partial charge on any atom is 0.341 e. The van der Waals surface area contributed by atoms with E-state index in [9.17, 15) is 14.4 Å². The van der Waals surface area contributed by atoms with Gasteiger partial charge in [-0.3, -0.25) is 9.59 Å². The van der Waals surface area contributed by atoms with Gasteiger partial charge in [0.1, 0.15) is 5.00 Å². The van der Waals surface area contributed by atoms with Gasteiger partial charge in [0.25, 0.3) is 5.91 Å². The van der Waals surface area contributed by atoms with E-state index >= 15 is 0 Å². The molecule has 0 unspecified atom stereocenters. The average molecular weight is 326 g/mol. The van der Waals surface area contributed by atoms with E-state index in [0.717, 1.165) is 17.8 Å². The molecule has 0 fully saturated rings. The summed E-state index contributed by atoms with van der Waals surface area (Å²) in [6, 6.07) is 0. The number of carbonyl (C=O) groups excluding carboxylic acids is 3. The van der Waals surface area contributed by atoms with Crippen LogP contribution in [0.15, 0.2) is 0 Å². The van der Waals surface area contributed by atoms with Crippen LogP contribution in [0.2, 0.25) is 0 Å². The Labute approximate surface area is 134 Å². The molecule has 0 radical (unpaired) electrons. The molecule has 1 aromatic heterocycles. The second kappa shape index (κ2) is 8.53. The maximum atomic E-state index is 12.2. The van der Waals surface area contributed by atoms with Crippen molar-refractivity contribution in [3.63, 3.8) is 0 Å². The fourth-order valence-electron chi connectivity index (χ4n) is 1.80. The van der Waals surface area contributed by atoms with Gasteiger partial charge in [-0.15, -0.1) is 11.3 Å². The van der Waals surface area contributed by atoms with Crippen molar-refractivity contribution in [1.29, 1.82) is 0 Å². The molecule has 0 bridgehead atoms. The Morgan fingerprint density at radius 3 is 2.41 bits per heavy atom. The monoisotopic (exact) mass is 326 g/mol. The highest BCUT2D eigenvalue weighted by Gasteiger charge is 2.26. The Morgan fingerprint density at radius 2 is 1.86 bits per heavy atom. The van der Waals surface area contributed by atoms with Crippen LogP contribution in [-0.4, -0.2) is 30.9 Å². The zero-order chi connectivity index (χ0) is 16.7. The Hall–Kier alpha value is -1.89. The topological polar surface area (TPSA) is 84.5 Å². The first-order valence-electron chi connectivity index (χ1n) is 7.34. The van der Waals surface area contributed by atoms with Crippen molar-refractivity contribution in [1.82, 2.24) is 5.32 Å². The fraction of sp³-hybridized carbons (Fsp3) is 0.533. The molecule has 0 atom stereocenters. The van der Waals surface area contributed by atoms with Crippen LogP contribution in [0.1, 0.15) is 59.2 Å². The zero-order valence-electron chi connectivity index (χ0n) is 13.4. The van der Waals surface area contributed by atoms with Crippen molar-refractivity contribution in [2.75, 3.05) is 18.5 Å². The molecule has 122 valence electrons. The van der Waals surface area contributed by atoms with Crippen LogP contribution < -0.4 is 10.6 Å². The van der Waals surface area contributed by atoms with E-state index in [1.165, 1.54) is 0 Å². The van der Waals surface area contributed by atoms with Crippen LogP contribution in [0.3, 0.4) is 0 Å². The van der Waals surface area contributed by atoms with Crippen molar-refractivity contribution in [3.8, 4) is 0 Å². The molecule has 0 aliphatic carbocycles. The molecule has 0 saturated carbocycles. The molecule has 0 aromatic carbocycles. The van der Waals surface area contributed by atoms with Gasteiger partial charge < -0.3 is 15.4 Å². The molecule has 1 rings (SSSR count). The van der Waals surface area contributed by atoms with Crippen molar-refractivity contribution in [2.45, 2.75) is 40.5 Å². The number of thiophene rings is 1. The van der Waals surface area contributed by atoms with Gasteiger partial charge in [0.15, 0.2) is 0 Å². The molecule has 0 saturated heterocycles. The van der Waals surface area contributed by atoms with Crippen LogP contribution in [-0.2, 0) is 9.53 Å². The summed E-state index contributed by atoms with van der Waals surface area (Å²) in [6.07, 6.45) is 1.11. The maximum absolute atomic E-state index is 12.2. The van der Waals surface area contributed by atoms with Crippen LogP contribution in [0.4, 0.5) is 5.00 Å². The molecule has 0 aliphatic rings. The van der Waals surface area contributed by atoms with Crippen molar-refractivity contribution < 1.29 is 19.1 Å². The van der Waals surface area contributed by atoms with E-state index in [0.29, 0.717) is 22.0 Å². The Bertz CT molecular complexity index is 566. The normalized spacial score (nSPS) is 10.2. The van der Waals surface area contributed by atoms with E-state index in [1.807, 2.05) is 6.92 Å². The van der Waals surface area contributed by atoms with Gasteiger partial charge in [-0.2, -0.15) is 0 Å². The summed E-state index contributed by atoms with van der Waals surface area (Å²) in [5.41, 5.74) is 0.791. The first-order chi connectivity index (χ1) is 10.5. The molecule has 2 amide bonds. The standard InChI is InChI=1S/C15H22N2O4S/c1-5-8-16-13(19)12-9(4)11(15(20)21-7-3)14(22-12)17-10(18)6-2/h5-8H2,1-4H3,(H,16,19)(H,17,18). The predicted molar refractivity (Wildman–Crippen MR) is 86.6 cm³/mol. The van der Waals surface area contributed by atoms with Crippen molar-refractivity contribution in [3.05, 3.63) is 16.0 Å². The minimum Gasteiger partial charge on any atom is -0.462 e. The summed E-state index contributed by atoms with van der Waals surface area (Å²) in [4.78, 5) is 36.3. The van der Waals surface area contributed by atoms with Crippen molar-refractivity contribution in [2.24, 2.45) is 0 Å². The smallest absolute Gasteiger partial charge is 0.341 e. The summed E-state index contributed by atoms with van der Waals surface area (Å²) in [5.74, 6) is -0.989. The van der Waals surface area contributed by atoms with Gasteiger partial charge in [0, 0.05) is 13.0 Å². The third-order valence-corrected chi connectivity index (χ3v) is 4.15. The van der Waals surface area contributed by atoms with Gasteiger partial charge in [-0.25, -0.2) is 4.79 Å². The highest BCUT2D eigenvalue weighted by molar-refractivity contribution is 7.18. The minimum absolute atomic E-state index is 0.215. The number of anilines is 1. The lowest BCUT2D eigenvalue weighted by molar-refractivity contribution is -0.115.